The number of benzene rings is 1. The van der Waals surface area contributed by atoms with Crippen molar-refractivity contribution < 1.29 is 19.4 Å². The average molecular weight is 376 g/mol. The number of nitrogens with zero attached hydrogens (tertiary/aromatic N) is 2. The summed E-state index contributed by atoms with van der Waals surface area (Å²) in [5.74, 6) is -0.111. The van der Waals surface area contributed by atoms with Crippen LogP contribution >= 0.6 is 0 Å². The van der Waals surface area contributed by atoms with Crippen LogP contribution in [0.15, 0.2) is 18.2 Å². The third kappa shape index (κ3) is 6.41. The molecule has 1 aliphatic heterocycles. The fraction of sp³-hybridized carbons (Fsp3) is 0.619. The molecule has 2 rings (SSSR count). The van der Waals surface area contributed by atoms with E-state index in [-0.39, 0.29) is 18.3 Å². The minimum Gasteiger partial charge on any atom is -0.396 e. The van der Waals surface area contributed by atoms with Crippen molar-refractivity contribution in [2.24, 2.45) is 5.92 Å². The van der Waals surface area contributed by atoms with E-state index in [9.17, 15) is 9.59 Å². The SMILES string of the molecule is CC(C)C(=O)c1ccc(N2CCN(CCCOCCCO)CC2)cc1C=O. The molecule has 0 bridgehead atoms. The number of carbonyl (C=O) groups is 2. The number of hydrogen-bond donors (Lipinski definition) is 1. The first-order chi connectivity index (χ1) is 13.1. The molecule has 0 unspecified atom stereocenters. The molecule has 0 atom stereocenters. The summed E-state index contributed by atoms with van der Waals surface area (Å²) in [4.78, 5) is 28.4. The van der Waals surface area contributed by atoms with Crippen LogP contribution in [0, 0.1) is 5.92 Å². The summed E-state index contributed by atoms with van der Waals surface area (Å²) in [5.41, 5.74) is 2.00. The molecule has 6 heteroatoms. The molecule has 1 N–H and O–H groups in total. The normalized spacial score (nSPS) is 15.3. The monoisotopic (exact) mass is 376 g/mol. The lowest BCUT2D eigenvalue weighted by Crippen LogP contribution is -2.46. The number of aliphatic hydroxyl groups is 1. The van der Waals surface area contributed by atoms with Gasteiger partial charge in [0.1, 0.15) is 0 Å². The summed E-state index contributed by atoms with van der Waals surface area (Å²) >= 11 is 0. The summed E-state index contributed by atoms with van der Waals surface area (Å²) < 4.78 is 5.47. The first-order valence-electron chi connectivity index (χ1n) is 9.86. The number of ketones is 1. The van der Waals surface area contributed by atoms with Crippen molar-refractivity contribution >= 4 is 17.8 Å². The molecule has 1 aromatic rings. The highest BCUT2D eigenvalue weighted by Crippen LogP contribution is 2.22. The Morgan fingerprint density at radius 2 is 1.89 bits per heavy atom. The van der Waals surface area contributed by atoms with E-state index in [1.54, 1.807) is 6.07 Å². The van der Waals surface area contributed by atoms with Crippen LogP contribution in [0.1, 0.15) is 47.4 Å². The van der Waals surface area contributed by atoms with E-state index < -0.39 is 0 Å². The Morgan fingerprint density at radius 1 is 1.19 bits per heavy atom. The molecule has 0 radical (unpaired) electrons. The molecule has 1 heterocycles. The van der Waals surface area contributed by atoms with Gasteiger partial charge < -0.3 is 14.7 Å². The number of Topliss-reactive ketones (excluding diaryl/α,β-unsaturated/α-hetero) is 1. The van der Waals surface area contributed by atoms with E-state index in [0.29, 0.717) is 24.2 Å². The number of aliphatic hydroxyl groups excluding tert-OH is 1. The smallest absolute Gasteiger partial charge is 0.166 e. The maximum absolute atomic E-state index is 12.2. The zero-order valence-corrected chi connectivity index (χ0v) is 16.5. The van der Waals surface area contributed by atoms with Crippen molar-refractivity contribution in [3.05, 3.63) is 29.3 Å². The number of ether oxygens (including phenoxy) is 1. The van der Waals surface area contributed by atoms with E-state index in [0.717, 1.165) is 57.7 Å². The predicted octanol–water partition coefficient (Wildman–Crippen LogP) is 2.25. The Hall–Kier alpha value is -1.76. The van der Waals surface area contributed by atoms with Crippen LogP contribution in [-0.2, 0) is 4.74 Å². The van der Waals surface area contributed by atoms with Gasteiger partial charge in [0.15, 0.2) is 12.1 Å². The molecule has 0 amide bonds. The largest absolute Gasteiger partial charge is 0.396 e. The van der Waals surface area contributed by atoms with Crippen molar-refractivity contribution in [2.45, 2.75) is 26.7 Å². The molecule has 150 valence electrons. The summed E-state index contributed by atoms with van der Waals surface area (Å²) in [7, 11) is 0. The molecule has 6 nitrogen and oxygen atoms in total. The molecular formula is C21H32N2O4. The molecule has 1 fully saturated rings. The van der Waals surface area contributed by atoms with Gasteiger partial charge in [-0.15, -0.1) is 0 Å². The first kappa shape index (κ1) is 21.5. The second kappa shape index (κ2) is 11.2. The van der Waals surface area contributed by atoms with Gasteiger partial charge in [-0.05, 0) is 31.0 Å². The molecular weight excluding hydrogens is 344 g/mol. The lowest BCUT2D eigenvalue weighted by atomic mass is 9.96. The molecule has 1 saturated heterocycles. The highest BCUT2D eigenvalue weighted by atomic mass is 16.5. The van der Waals surface area contributed by atoms with E-state index in [1.165, 1.54) is 0 Å². The van der Waals surface area contributed by atoms with E-state index in [2.05, 4.69) is 9.80 Å². The van der Waals surface area contributed by atoms with Crippen LogP contribution in [0.25, 0.3) is 0 Å². The zero-order valence-electron chi connectivity index (χ0n) is 16.5. The van der Waals surface area contributed by atoms with E-state index in [1.807, 2.05) is 26.0 Å². The van der Waals surface area contributed by atoms with Gasteiger partial charge in [-0.3, -0.25) is 14.5 Å². The minimum atomic E-state index is -0.120. The lowest BCUT2D eigenvalue weighted by Gasteiger charge is -2.36. The molecule has 27 heavy (non-hydrogen) atoms. The molecule has 0 aromatic heterocycles. The standard InChI is InChI=1S/C21H32N2O4/c1-17(2)21(26)20-6-5-19(15-18(20)16-25)23-10-8-22(9-11-23)7-3-13-27-14-4-12-24/h5-6,15-17,24H,3-4,7-14H2,1-2H3. The molecule has 1 aromatic carbocycles. The van der Waals surface area contributed by atoms with Crippen molar-refractivity contribution in [1.29, 1.82) is 0 Å². The van der Waals surface area contributed by atoms with Gasteiger partial charge in [0.05, 0.1) is 0 Å². The number of aldehydes is 1. The molecule has 0 saturated carbocycles. The quantitative estimate of drug-likeness (QED) is 0.363. The lowest BCUT2D eigenvalue weighted by molar-refractivity contribution is 0.0934. The van der Waals surface area contributed by atoms with Gasteiger partial charge in [-0.2, -0.15) is 0 Å². The Morgan fingerprint density at radius 3 is 2.52 bits per heavy atom. The Kier molecular flexibility index (Phi) is 8.91. The summed E-state index contributed by atoms with van der Waals surface area (Å²) in [5, 5.41) is 8.72. The second-order valence-corrected chi connectivity index (χ2v) is 7.28. The van der Waals surface area contributed by atoms with Gasteiger partial charge >= 0.3 is 0 Å². The van der Waals surface area contributed by atoms with Crippen LogP contribution < -0.4 is 4.90 Å². The number of piperazine rings is 1. The van der Waals surface area contributed by atoms with Gasteiger partial charge in [0.2, 0.25) is 0 Å². The average Bonchev–Trinajstić information content (AvgIpc) is 2.70. The van der Waals surface area contributed by atoms with Crippen molar-refractivity contribution in [3.63, 3.8) is 0 Å². The fourth-order valence-electron chi connectivity index (χ4n) is 3.27. The second-order valence-electron chi connectivity index (χ2n) is 7.28. The Bertz CT molecular complexity index is 610. The summed E-state index contributed by atoms with van der Waals surface area (Å²) in [6.07, 6.45) is 2.47. The van der Waals surface area contributed by atoms with Crippen molar-refractivity contribution in [2.75, 3.05) is 57.4 Å². The Balaban J connectivity index is 1.83. The van der Waals surface area contributed by atoms with Crippen LogP contribution in [0.3, 0.4) is 0 Å². The molecule has 0 aliphatic carbocycles. The highest BCUT2D eigenvalue weighted by Gasteiger charge is 2.20. The maximum Gasteiger partial charge on any atom is 0.166 e. The Labute approximate surface area is 162 Å². The third-order valence-electron chi connectivity index (χ3n) is 4.90. The van der Waals surface area contributed by atoms with Crippen LogP contribution in [0.5, 0.6) is 0 Å². The number of hydrogen-bond acceptors (Lipinski definition) is 6. The van der Waals surface area contributed by atoms with E-state index >= 15 is 0 Å². The van der Waals surface area contributed by atoms with Crippen LogP contribution in [0.2, 0.25) is 0 Å². The number of rotatable bonds is 11. The molecule has 0 spiro atoms. The first-order valence-corrected chi connectivity index (χ1v) is 9.86. The number of anilines is 1. The predicted molar refractivity (Wildman–Crippen MR) is 107 cm³/mol. The van der Waals surface area contributed by atoms with Gasteiger partial charge in [0.25, 0.3) is 0 Å². The van der Waals surface area contributed by atoms with Gasteiger partial charge in [0, 0.05) is 75.3 Å². The van der Waals surface area contributed by atoms with Crippen LogP contribution in [0.4, 0.5) is 5.69 Å². The third-order valence-corrected chi connectivity index (χ3v) is 4.90. The summed E-state index contributed by atoms with van der Waals surface area (Å²) in [6, 6.07) is 5.58. The molecule has 1 aliphatic rings. The highest BCUT2D eigenvalue weighted by molar-refractivity contribution is 6.04. The van der Waals surface area contributed by atoms with Crippen molar-refractivity contribution in [3.8, 4) is 0 Å². The van der Waals surface area contributed by atoms with E-state index in [4.69, 9.17) is 9.84 Å². The topological polar surface area (TPSA) is 70.1 Å². The zero-order chi connectivity index (χ0) is 19.6. The fourth-order valence-corrected chi connectivity index (χ4v) is 3.27. The van der Waals surface area contributed by atoms with Crippen molar-refractivity contribution in [1.82, 2.24) is 4.90 Å². The maximum atomic E-state index is 12.2. The number of carbonyl (C=O) groups excluding carboxylic acids is 2. The van der Waals surface area contributed by atoms with Gasteiger partial charge in [-0.25, -0.2) is 0 Å². The summed E-state index contributed by atoms with van der Waals surface area (Å²) in [6.45, 7) is 9.99. The van der Waals surface area contributed by atoms with Crippen LogP contribution in [-0.4, -0.2) is 74.6 Å². The minimum absolute atomic E-state index is 0.00896. The van der Waals surface area contributed by atoms with Gasteiger partial charge in [-0.1, -0.05) is 13.8 Å².